The van der Waals surface area contributed by atoms with Crippen LogP contribution in [0.1, 0.15) is 13.3 Å². The van der Waals surface area contributed by atoms with Crippen molar-refractivity contribution in [2.45, 2.75) is 13.3 Å². The van der Waals surface area contributed by atoms with E-state index in [1.165, 1.54) is 6.92 Å². The molecule has 13 heavy (non-hydrogen) atoms. The first-order valence-electron chi connectivity index (χ1n) is 2.29. The number of rotatable bonds is 3. The Hall–Kier alpha value is 0.0147. The molecule has 0 aliphatic carbocycles. The molecule has 0 aliphatic rings. The Bertz CT molecular complexity index is 166. The maximum atomic E-state index is 10.1. The summed E-state index contributed by atoms with van der Waals surface area (Å²) in [6.07, 6.45) is -0.505. The van der Waals surface area contributed by atoms with Gasteiger partial charge in [-0.25, -0.2) is 4.79 Å². The summed E-state index contributed by atoms with van der Waals surface area (Å²) in [5, 5.41) is 7.93. The van der Waals surface area contributed by atoms with Crippen molar-refractivity contribution in [3.63, 3.8) is 0 Å². The Labute approximate surface area is 106 Å². The minimum atomic E-state index is -1.55. The van der Waals surface area contributed by atoms with Crippen molar-refractivity contribution in [3.8, 4) is 0 Å². The summed E-state index contributed by atoms with van der Waals surface area (Å²) in [4.78, 5) is 29.9. The molecule has 0 aliphatic heterocycles. The minimum absolute atomic E-state index is 0. The number of ketones is 2. The summed E-state index contributed by atoms with van der Waals surface area (Å²) < 4.78 is 0. The zero-order valence-electron chi connectivity index (χ0n) is 6.73. The third-order valence-electron chi connectivity index (χ3n) is 0.648. The first-order valence-corrected chi connectivity index (χ1v) is 2.29. The van der Waals surface area contributed by atoms with Gasteiger partial charge in [0.05, 0.1) is 6.42 Å². The maximum absolute atomic E-state index is 10.1. The fourth-order valence-electron chi connectivity index (χ4n) is 0.302. The third-order valence-corrected chi connectivity index (χ3v) is 0.648. The standard InChI is InChI=1S/C5H6O4.Gd.3H2O/c1-3(6)2-4(7)5(8)9;;;;/h2H2,1H3,(H,8,9);;3*1H2. The van der Waals surface area contributed by atoms with Crippen LogP contribution in [0, 0.1) is 39.9 Å². The van der Waals surface area contributed by atoms with E-state index in [1.54, 1.807) is 0 Å². The summed E-state index contributed by atoms with van der Waals surface area (Å²) in [5.74, 6) is -3.03. The van der Waals surface area contributed by atoms with Gasteiger partial charge in [0, 0.05) is 39.9 Å². The summed E-state index contributed by atoms with van der Waals surface area (Å²) >= 11 is 0. The Morgan fingerprint density at radius 2 is 1.38 bits per heavy atom. The van der Waals surface area contributed by atoms with Gasteiger partial charge < -0.3 is 21.5 Å². The van der Waals surface area contributed by atoms with Crippen molar-refractivity contribution in [1.82, 2.24) is 0 Å². The zero-order chi connectivity index (χ0) is 7.44. The summed E-state index contributed by atoms with van der Waals surface area (Å²) in [6, 6.07) is 0. The number of carbonyl (C=O) groups is 3. The average molecular weight is 341 g/mol. The van der Waals surface area contributed by atoms with Gasteiger partial charge in [0.25, 0.3) is 0 Å². The van der Waals surface area contributed by atoms with Crippen molar-refractivity contribution < 1.29 is 75.9 Å². The topological polar surface area (TPSA) is 166 Å². The second-order valence-electron chi connectivity index (χ2n) is 1.61. The Kier molecular flexibility index (Phi) is 32.7. The second-order valence-corrected chi connectivity index (χ2v) is 1.61. The van der Waals surface area contributed by atoms with E-state index in [4.69, 9.17) is 5.11 Å². The molecule has 0 saturated heterocycles. The first-order chi connectivity index (χ1) is 4.04. The number of hydrogen-bond acceptors (Lipinski definition) is 3. The predicted octanol–water partition coefficient (Wildman–Crippen LogP) is -2.85. The van der Waals surface area contributed by atoms with Crippen LogP contribution < -0.4 is 0 Å². The van der Waals surface area contributed by atoms with E-state index in [-0.39, 0.29) is 56.4 Å². The molecule has 0 amide bonds. The Balaban J connectivity index is -0.0000000533. The van der Waals surface area contributed by atoms with Gasteiger partial charge in [-0.1, -0.05) is 0 Å². The normalized spacial score (nSPS) is 5.92. The molecule has 0 aromatic heterocycles. The Morgan fingerprint density at radius 1 is 1.08 bits per heavy atom. The molecule has 82 valence electrons. The molecule has 0 radical (unpaired) electrons. The van der Waals surface area contributed by atoms with Crippen LogP contribution in [0.3, 0.4) is 0 Å². The quantitative estimate of drug-likeness (QED) is 0.431. The van der Waals surface area contributed by atoms with E-state index in [1.807, 2.05) is 0 Å². The molecule has 0 aromatic carbocycles. The molecule has 0 heterocycles. The molecule has 8 heteroatoms. The monoisotopic (exact) mass is 342 g/mol. The van der Waals surface area contributed by atoms with E-state index < -0.39 is 24.0 Å². The smallest absolute Gasteiger partial charge is 0.372 e. The van der Waals surface area contributed by atoms with E-state index in [0.717, 1.165) is 0 Å². The van der Waals surface area contributed by atoms with Crippen molar-refractivity contribution in [2.24, 2.45) is 0 Å². The van der Waals surface area contributed by atoms with Gasteiger partial charge in [-0.05, 0) is 6.92 Å². The molecular formula is C5H12GdO7. The van der Waals surface area contributed by atoms with Crippen molar-refractivity contribution in [1.29, 1.82) is 0 Å². The van der Waals surface area contributed by atoms with Gasteiger partial charge in [-0.2, -0.15) is 0 Å². The number of carboxylic acids is 1. The third kappa shape index (κ3) is 18.8. The zero-order valence-corrected chi connectivity index (χ0v) is 9.00. The molecule has 0 unspecified atom stereocenters. The number of Topliss-reactive ketones (excluding diaryl/α,β-unsaturated/α-hetero) is 2. The minimum Gasteiger partial charge on any atom is -0.475 e. The van der Waals surface area contributed by atoms with Gasteiger partial charge in [0.2, 0.25) is 5.78 Å². The van der Waals surface area contributed by atoms with E-state index >= 15 is 0 Å². The van der Waals surface area contributed by atoms with Gasteiger partial charge in [0.15, 0.2) is 0 Å². The van der Waals surface area contributed by atoms with Crippen LogP contribution in [0.4, 0.5) is 0 Å². The molecule has 0 rings (SSSR count). The van der Waals surface area contributed by atoms with Gasteiger partial charge in [-0.15, -0.1) is 0 Å². The SMILES string of the molecule is CC(=O)CC(=O)C(=O)O.O.O.O.[Gd]. The van der Waals surface area contributed by atoms with Crippen LogP contribution in [-0.4, -0.2) is 39.1 Å². The molecule has 0 saturated carbocycles. The number of carbonyl (C=O) groups excluding carboxylic acids is 2. The molecule has 0 aromatic rings. The molecule has 7 N–H and O–H groups in total. The molecule has 0 spiro atoms. The number of carboxylic acid groups (broad SMARTS) is 1. The molecule has 7 nitrogen and oxygen atoms in total. The Morgan fingerprint density at radius 3 is 1.46 bits per heavy atom. The number of hydrogen-bond donors (Lipinski definition) is 1. The van der Waals surface area contributed by atoms with E-state index in [0.29, 0.717) is 0 Å². The predicted molar refractivity (Wildman–Crippen MR) is 38.8 cm³/mol. The van der Waals surface area contributed by atoms with Crippen molar-refractivity contribution in [3.05, 3.63) is 0 Å². The van der Waals surface area contributed by atoms with Crippen LogP contribution in [0.15, 0.2) is 0 Å². The molecule has 0 bridgehead atoms. The maximum Gasteiger partial charge on any atom is 0.372 e. The largest absolute Gasteiger partial charge is 0.475 e. The van der Waals surface area contributed by atoms with Crippen molar-refractivity contribution >= 4 is 17.5 Å². The first kappa shape index (κ1) is 29.2. The van der Waals surface area contributed by atoms with Gasteiger partial charge in [0.1, 0.15) is 5.78 Å². The molecular weight excluding hydrogens is 329 g/mol. The summed E-state index contributed by atoms with van der Waals surface area (Å²) in [6.45, 7) is 1.17. The van der Waals surface area contributed by atoms with Crippen LogP contribution in [0.25, 0.3) is 0 Å². The number of aliphatic carboxylic acids is 1. The van der Waals surface area contributed by atoms with E-state index in [9.17, 15) is 14.4 Å². The molecule has 0 fully saturated rings. The molecule has 0 atom stereocenters. The van der Waals surface area contributed by atoms with Crippen LogP contribution >= 0.6 is 0 Å². The van der Waals surface area contributed by atoms with Crippen LogP contribution in [0.2, 0.25) is 0 Å². The summed E-state index contributed by atoms with van der Waals surface area (Å²) in [5.41, 5.74) is 0. The van der Waals surface area contributed by atoms with E-state index in [2.05, 4.69) is 0 Å². The van der Waals surface area contributed by atoms with Crippen molar-refractivity contribution in [2.75, 3.05) is 0 Å². The average Bonchev–Trinajstić information content (AvgIpc) is 1.63. The second kappa shape index (κ2) is 14.5. The fraction of sp³-hybridized carbons (Fsp3) is 0.400. The fourth-order valence-corrected chi connectivity index (χ4v) is 0.302. The van der Waals surface area contributed by atoms with Crippen LogP contribution in [-0.2, 0) is 14.4 Å². The van der Waals surface area contributed by atoms with Gasteiger partial charge >= 0.3 is 5.97 Å². The van der Waals surface area contributed by atoms with Gasteiger partial charge in [-0.3, -0.25) is 9.59 Å². The summed E-state index contributed by atoms with van der Waals surface area (Å²) in [7, 11) is 0. The van der Waals surface area contributed by atoms with Crippen LogP contribution in [0.5, 0.6) is 0 Å².